The summed E-state index contributed by atoms with van der Waals surface area (Å²) in [5, 5.41) is 9.81. The van der Waals surface area contributed by atoms with Crippen LogP contribution in [0.25, 0.3) is 11.6 Å². The molecule has 0 amide bonds. The Hall–Kier alpha value is -2.02. The molecule has 2 aromatic carbocycles. The van der Waals surface area contributed by atoms with E-state index >= 15 is 0 Å². The molecule has 1 N–H and O–H groups in total. The second-order valence-corrected chi connectivity index (χ2v) is 4.06. The Morgan fingerprint density at radius 1 is 0.875 bits per heavy atom. The van der Waals surface area contributed by atoms with E-state index in [1.807, 2.05) is 24.3 Å². The van der Waals surface area contributed by atoms with Crippen molar-refractivity contribution in [1.29, 1.82) is 0 Å². The first-order chi connectivity index (χ1) is 7.84. The highest BCUT2D eigenvalue weighted by atomic mass is 16.3. The Balaban J connectivity index is 2.05. The number of rotatable bonds is 1. The van der Waals surface area contributed by atoms with Crippen LogP contribution in [0.15, 0.2) is 48.5 Å². The molecule has 3 rings (SSSR count). The molecule has 0 aromatic heterocycles. The van der Waals surface area contributed by atoms with Crippen LogP contribution in [0.3, 0.4) is 0 Å². The molecule has 1 nitrogen and oxygen atoms in total. The third-order valence-electron chi connectivity index (χ3n) is 3.02. The lowest BCUT2D eigenvalue weighted by Crippen LogP contribution is -1.85. The minimum atomic E-state index is 0.363. The summed E-state index contributed by atoms with van der Waals surface area (Å²) in [5.41, 5.74) is 4.74. The zero-order valence-corrected chi connectivity index (χ0v) is 8.85. The first-order valence-electron chi connectivity index (χ1n) is 5.41. The number of phenols is 1. The molecule has 1 aliphatic carbocycles. The van der Waals surface area contributed by atoms with Crippen molar-refractivity contribution in [2.45, 2.75) is 6.42 Å². The minimum Gasteiger partial charge on any atom is -0.507 e. The van der Waals surface area contributed by atoms with Crippen LogP contribution in [0, 0.1) is 0 Å². The lowest BCUT2D eigenvalue weighted by atomic mass is 10.0. The number of benzene rings is 2. The van der Waals surface area contributed by atoms with Crippen molar-refractivity contribution in [3.05, 3.63) is 65.2 Å². The first kappa shape index (κ1) is 9.22. The third-order valence-corrected chi connectivity index (χ3v) is 3.02. The van der Waals surface area contributed by atoms with Gasteiger partial charge >= 0.3 is 0 Å². The highest BCUT2D eigenvalue weighted by Gasteiger charge is 2.15. The summed E-state index contributed by atoms with van der Waals surface area (Å²) in [5.74, 6) is 0.363. The Morgan fingerprint density at radius 3 is 2.44 bits per heavy atom. The number of fused-ring (bicyclic) bond motifs is 1. The Kier molecular flexibility index (Phi) is 2.03. The van der Waals surface area contributed by atoms with Crippen LogP contribution in [0.5, 0.6) is 5.75 Å². The fourth-order valence-corrected chi connectivity index (χ4v) is 2.20. The van der Waals surface area contributed by atoms with Crippen LogP contribution in [0.1, 0.15) is 16.7 Å². The third kappa shape index (κ3) is 1.41. The molecule has 0 spiro atoms. The summed E-state index contributed by atoms with van der Waals surface area (Å²) < 4.78 is 0. The van der Waals surface area contributed by atoms with Gasteiger partial charge in [-0.05, 0) is 29.2 Å². The van der Waals surface area contributed by atoms with E-state index in [1.54, 1.807) is 6.07 Å². The monoisotopic (exact) mass is 208 g/mol. The maximum absolute atomic E-state index is 9.81. The highest BCUT2D eigenvalue weighted by Crippen LogP contribution is 2.34. The predicted molar refractivity (Wildman–Crippen MR) is 66.1 cm³/mol. The SMILES string of the molecule is Oc1ccccc1C1=Cc2ccccc2C1. The van der Waals surface area contributed by atoms with Gasteiger partial charge in [-0.1, -0.05) is 48.5 Å². The summed E-state index contributed by atoms with van der Waals surface area (Å²) in [6, 6.07) is 15.9. The summed E-state index contributed by atoms with van der Waals surface area (Å²) >= 11 is 0. The Labute approximate surface area is 94.7 Å². The molecule has 1 aliphatic rings. The molecule has 0 atom stereocenters. The van der Waals surface area contributed by atoms with Crippen LogP contribution in [0.4, 0.5) is 0 Å². The average Bonchev–Trinajstić information content (AvgIpc) is 2.73. The van der Waals surface area contributed by atoms with E-state index < -0.39 is 0 Å². The van der Waals surface area contributed by atoms with Gasteiger partial charge in [0.2, 0.25) is 0 Å². The number of phenolic OH excluding ortho intramolecular Hbond substituents is 1. The van der Waals surface area contributed by atoms with Gasteiger partial charge in [-0.25, -0.2) is 0 Å². The molecule has 78 valence electrons. The quantitative estimate of drug-likeness (QED) is 0.760. The van der Waals surface area contributed by atoms with Crippen molar-refractivity contribution in [2.75, 3.05) is 0 Å². The summed E-state index contributed by atoms with van der Waals surface area (Å²) in [6.45, 7) is 0. The summed E-state index contributed by atoms with van der Waals surface area (Å²) in [6.07, 6.45) is 3.07. The maximum Gasteiger partial charge on any atom is 0.123 e. The fourth-order valence-electron chi connectivity index (χ4n) is 2.20. The number of hydrogen-bond acceptors (Lipinski definition) is 1. The van der Waals surface area contributed by atoms with Crippen molar-refractivity contribution in [2.24, 2.45) is 0 Å². The van der Waals surface area contributed by atoms with Gasteiger partial charge in [0.05, 0.1) is 0 Å². The van der Waals surface area contributed by atoms with Crippen molar-refractivity contribution in [1.82, 2.24) is 0 Å². The van der Waals surface area contributed by atoms with Gasteiger partial charge in [0, 0.05) is 5.56 Å². The molecule has 0 unspecified atom stereocenters. The molecule has 0 fully saturated rings. The average molecular weight is 208 g/mol. The number of allylic oxidation sites excluding steroid dienone is 1. The Bertz CT molecular complexity index is 567. The van der Waals surface area contributed by atoms with Gasteiger partial charge in [-0.2, -0.15) is 0 Å². The van der Waals surface area contributed by atoms with E-state index in [1.165, 1.54) is 16.7 Å². The molecule has 0 saturated carbocycles. The van der Waals surface area contributed by atoms with Crippen LogP contribution in [-0.4, -0.2) is 5.11 Å². The van der Waals surface area contributed by atoms with Gasteiger partial charge in [-0.15, -0.1) is 0 Å². The largest absolute Gasteiger partial charge is 0.507 e. The second kappa shape index (κ2) is 3.53. The van der Waals surface area contributed by atoms with Crippen molar-refractivity contribution in [3.63, 3.8) is 0 Å². The molecule has 0 heterocycles. The smallest absolute Gasteiger partial charge is 0.123 e. The lowest BCUT2D eigenvalue weighted by molar-refractivity contribution is 0.473. The van der Waals surface area contributed by atoms with Gasteiger partial charge in [-0.3, -0.25) is 0 Å². The minimum absolute atomic E-state index is 0.363. The zero-order chi connectivity index (χ0) is 11.0. The molecule has 0 bridgehead atoms. The van der Waals surface area contributed by atoms with E-state index in [-0.39, 0.29) is 0 Å². The number of para-hydroxylation sites is 1. The number of hydrogen-bond donors (Lipinski definition) is 1. The normalized spacial score (nSPS) is 13.4. The Morgan fingerprint density at radius 2 is 1.62 bits per heavy atom. The van der Waals surface area contributed by atoms with Crippen molar-refractivity contribution < 1.29 is 5.11 Å². The second-order valence-electron chi connectivity index (χ2n) is 4.06. The zero-order valence-electron chi connectivity index (χ0n) is 8.85. The predicted octanol–water partition coefficient (Wildman–Crippen LogP) is 3.49. The summed E-state index contributed by atoms with van der Waals surface area (Å²) in [4.78, 5) is 0. The first-order valence-corrected chi connectivity index (χ1v) is 5.41. The highest BCUT2D eigenvalue weighted by molar-refractivity contribution is 5.90. The molecule has 1 heteroatoms. The molecule has 2 aromatic rings. The van der Waals surface area contributed by atoms with Gasteiger partial charge < -0.3 is 5.11 Å². The maximum atomic E-state index is 9.81. The van der Waals surface area contributed by atoms with E-state index in [0.29, 0.717) is 5.75 Å². The van der Waals surface area contributed by atoms with E-state index in [2.05, 4.69) is 24.3 Å². The molecule has 16 heavy (non-hydrogen) atoms. The molecular formula is C15H12O. The van der Waals surface area contributed by atoms with Crippen LogP contribution in [-0.2, 0) is 6.42 Å². The number of aromatic hydroxyl groups is 1. The van der Waals surface area contributed by atoms with E-state index in [4.69, 9.17) is 0 Å². The molecular weight excluding hydrogens is 196 g/mol. The molecule has 0 saturated heterocycles. The van der Waals surface area contributed by atoms with Crippen LogP contribution >= 0.6 is 0 Å². The van der Waals surface area contributed by atoms with Crippen molar-refractivity contribution >= 4 is 11.6 Å². The lowest BCUT2D eigenvalue weighted by Gasteiger charge is -2.04. The van der Waals surface area contributed by atoms with Crippen LogP contribution in [0.2, 0.25) is 0 Å². The van der Waals surface area contributed by atoms with E-state index in [0.717, 1.165) is 12.0 Å². The van der Waals surface area contributed by atoms with Crippen LogP contribution < -0.4 is 0 Å². The summed E-state index contributed by atoms with van der Waals surface area (Å²) in [7, 11) is 0. The topological polar surface area (TPSA) is 20.2 Å². The molecule has 0 radical (unpaired) electrons. The van der Waals surface area contributed by atoms with Gasteiger partial charge in [0.25, 0.3) is 0 Å². The fraction of sp³-hybridized carbons (Fsp3) is 0.0667. The molecule has 0 aliphatic heterocycles. The van der Waals surface area contributed by atoms with E-state index in [9.17, 15) is 5.11 Å². The standard InChI is InChI=1S/C15H12O/c16-15-8-4-3-7-14(15)13-9-11-5-1-2-6-12(11)10-13/h1-9,16H,10H2. The van der Waals surface area contributed by atoms with Gasteiger partial charge in [0.15, 0.2) is 0 Å². The van der Waals surface area contributed by atoms with Gasteiger partial charge in [0.1, 0.15) is 5.75 Å². The van der Waals surface area contributed by atoms with Crippen molar-refractivity contribution in [3.8, 4) is 5.75 Å².